The predicted octanol–water partition coefficient (Wildman–Crippen LogP) is 3.60. The molecule has 2 rings (SSSR count). The van der Waals surface area contributed by atoms with Crippen LogP contribution in [-0.4, -0.2) is 23.0 Å². The van der Waals surface area contributed by atoms with Gasteiger partial charge in [0.2, 0.25) is 0 Å². The number of ether oxygens (including phenoxy) is 1. The second-order valence-electron chi connectivity index (χ2n) is 5.49. The molecule has 20 heavy (non-hydrogen) atoms. The molecule has 4 heteroatoms. The Bertz CT molecular complexity index is 669. The summed E-state index contributed by atoms with van der Waals surface area (Å²) < 4.78 is 5.41. The molecule has 0 unspecified atom stereocenters. The van der Waals surface area contributed by atoms with Gasteiger partial charge in [0.05, 0.1) is 11.8 Å². The Hall–Kier alpha value is -2.36. The van der Waals surface area contributed by atoms with Crippen LogP contribution in [0.15, 0.2) is 41.6 Å². The molecule has 0 fully saturated rings. The molecule has 4 nitrogen and oxygen atoms in total. The molecule has 0 spiro atoms. The fraction of sp³-hybridized carbons (Fsp3) is 0.250. The Morgan fingerprint density at radius 3 is 2.45 bits per heavy atom. The smallest absolute Gasteiger partial charge is 0.339 e. The van der Waals surface area contributed by atoms with E-state index in [2.05, 4.69) is 5.16 Å². The molecule has 2 aromatic rings. The molecule has 0 amide bonds. The fourth-order valence-corrected chi connectivity index (χ4v) is 2.02. The van der Waals surface area contributed by atoms with Crippen LogP contribution in [0.2, 0.25) is 0 Å². The molecular formula is C16H17NO3. The molecule has 0 aliphatic heterocycles. The highest BCUT2D eigenvalue weighted by Gasteiger charge is 2.19. The zero-order valence-corrected chi connectivity index (χ0v) is 11.8. The number of carbonyl (C=O) groups excluding carboxylic acids is 1. The van der Waals surface area contributed by atoms with Gasteiger partial charge in [-0.15, -0.1) is 0 Å². The van der Waals surface area contributed by atoms with Crippen molar-refractivity contribution >= 4 is 23.0 Å². The van der Waals surface area contributed by atoms with Gasteiger partial charge in [-0.3, -0.25) is 0 Å². The number of nitrogens with zero attached hydrogens (tertiary/aromatic N) is 1. The Kier molecular flexibility index (Phi) is 3.74. The van der Waals surface area contributed by atoms with E-state index >= 15 is 0 Å². The van der Waals surface area contributed by atoms with Crippen molar-refractivity contribution in [1.29, 1.82) is 0 Å². The van der Waals surface area contributed by atoms with Crippen LogP contribution in [0.4, 0.5) is 0 Å². The SMILES string of the molecule is CC(C)(C)OC(=O)c1cccc2c(/C=N\O)cccc12. The van der Waals surface area contributed by atoms with Gasteiger partial charge in [-0.2, -0.15) is 0 Å². The molecule has 0 saturated heterocycles. The average Bonchev–Trinajstić information content (AvgIpc) is 2.37. The van der Waals surface area contributed by atoms with Crippen molar-refractivity contribution in [2.45, 2.75) is 26.4 Å². The summed E-state index contributed by atoms with van der Waals surface area (Å²) in [5, 5.41) is 13.4. The van der Waals surface area contributed by atoms with Crippen LogP contribution in [0.1, 0.15) is 36.7 Å². The molecule has 1 N–H and O–H groups in total. The van der Waals surface area contributed by atoms with Crippen molar-refractivity contribution in [2.24, 2.45) is 5.16 Å². The molecule has 0 radical (unpaired) electrons. The maximum absolute atomic E-state index is 12.2. The number of hydrogen-bond donors (Lipinski definition) is 1. The molecule has 104 valence electrons. The molecule has 0 aliphatic rings. The van der Waals surface area contributed by atoms with Crippen LogP contribution >= 0.6 is 0 Å². The van der Waals surface area contributed by atoms with E-state index in [4.69, 9.17) is 9.94 Å². The minimum atomic E-state index is -0.538. The van der Waals surface area contributed by atoms with Gasteiger partial charge in [-0.25, -0.2) is 4.79 Å². The zero-order chi connectivity index (χ0) is 14.8. The Labute approximate surface area is 117 Å². The molecule has 0 heterocycles. The van der Waals surface area contributed by atoms with Gasteiger partial charge in [0.25, 0.3) is 0 Å². The lowest BCUT2D eigenvalue weighted by molar-refractivity contribution is 0.00719. The number of fused-ring (bicyclic) bond motifs is 1. The summed E-state index contributed by atoms with van der Waals surface area (Å²) >= 11 is 0. The summed E-state index contributed by atoms with van der Waals surface area (Å²) in [5.74, 6) is -0.360. The first-order valence-corrected chi connectivity index (χ1v) is 6.35. The van der Waals surface area contributed by atoms with E-state index in [1.165, 1.54) is 6.21 Å². The predicted molar refractivity (Wildman–Crippen MR) is 78.5 cm³/mol. The average molecular weight is 271 g/mol. The van der Waals surface area contributed by atoms with Crippen molar-refractivity contribution in [2.75, 3.05) is 0 Å². The van der Waals surface area contributed by atoms with E-state index in [9.17, 15) is 4.79 Å². The third-order valence-corrected chi connectivity index (χ3v) is 2.77. The quantitative estimate of drug-likeness (QED) is 0.393. The van der Waals surface area contributed by atoms with Gasteiger partial charge >= 0.3 is 5.97 Å². The van der Waals surface area contributed by atoms with Crippen LogP contribution in [0.3, 0.4) is 0 Å². The van der Waals surface area contributed by atoms with Gasteiger partial charge in [0.1, 0.15) is 5.60 Å². The molecule has 0 atom stereocenters. The van der Waals surface area contributed by atoms with Crippen molar-refractivity contribution in [3.63, 3.8) is 0 Å². The highest BCUT2D eigenvalue weighted by Crippen LogP contribution is 2.23. The van der Waals surface area contributed by atoms with Crippen molar-refractivity contribution in [1.82, 2.24) is 0 Å². The lowest BCUT2D eigenvalue weighted by atomic mass is 10.0. The molecule has 0 aliphatic carbocycles. The van der Waals surface area contributed by atoms with Crippen molar-refractivity contribution < 1.29 is 14.7 Å². The topological polar surface area (TPSA) is 58.9 Å². The fourth-order valence-electron chi connectivity index (χ4n) is 2.02. The van der Waals surface area contributed by atoms with Crippen LogP contribution in [-0.2, 0) is 4.74 Å². The van der Waals surface area contributed by atoms with Gasteiger partial charge in [0.15, 0.2) is 0 Å². The van der Waals surface area contributed by atoms with E-state index in [1.54, 1.807) is 12.1 Å². The van der Waals surface area contributed by atoms with Crippen molar-refractivity contribution in [3.05, 3.63) is 47.5 Å². The number of rotatable bonds is 2. The number of benzene rings is 2. The summed E-state index contributed by atoms with van der Waals surface area (Å²) in [6.45, 7) is 5.50. The largest absolute Gasteiger partial charge is 0.456 e. The van der Waals surface area contributed by atoms with E-state index in [0.29, 0.717) is 5.56 Å². The monoisotopic (exact) mass is 271 g/mol. The van der Waals surface area contributed by atoms with Crippen LogP contribution < -0.4 is 0 Å². The van der Waals surface area contributed by atoms with Crippen LogP contribution in [0.25, 0.3) is 10.8 Å². The molecule has 0 aromatic heterocycles. The summed E-state index contributed by atoms with van der Waals surface area (Å²) in [7, 11) is 0. The van der Waals surface area contributed by atoms with Crippen LogP contribution in [0.5, 0.6) is 0 Å². The molecular weight excluding hydrogens is 254 g/mol. The molecule has 2 aromatic carbocycles. The normalized spacial score (nSPS) is 11.9. The summed E-state index contributed by atoms with van der Waals surface area (Å²) in [4.78, 5) is 12.2. The second-order valence-corrected chi connectivity index (χ2v) is 5.49. The Morgan fingerprint density at radius 2 is 1.80 bits per heavy atom. The number of carbonyl (C=O) groups is 1. The number of hydrogen-bond acceptors (Lipinski definition) is 4. The highest BCUT2D eigenvalue weighted by atomic mass is 16.6. The first-order valence-electron chi connectivity index (χ1n) is 6.35. The maximum atomic E-state index is 12.2. The minimum absolute atomic E-state index is 0.360. The third-order valence-electron chi connectivity index (χ3n) is 2.77. The zero-order valence-electron chi connectivity index (χ0n) is 11.8. The number of oxime groups is 1. The maximum Gasteiger partial charge on any atom is 0.339 e. The lowest BCUT2D eigenvalue weighted by Gasteiger charge is -2.20. The van der Waals surface area contributed by atoms with Crippen molar-refractivity contribution in [3.8, 4) is 0 Å². The van der Waals surface area contributed by atoms with E-state index in [1.807, 2.05) is 45.0 Å². The third kappa shape index (κ3) is 2.96. The first-order chi connectivity index (χ1) is 9.42. The number of esters is 1. The van der Waals surface area contributed by atoms with E-state index in [0.717, 1.165) is 16.3 Å². The second kappa shape index (κ2) is 5.33. The summed E-state index contributed by atoms with van der Waals surface area (Å²) in [6.07, 6.45) is 1.35. The van der Waals surface area contributed by atoms with E-state index < -0.39 is 5.60 Å². The summed E-state index contributed by atoms with van der Waals surface area (Å²) in [6, 6.07) is 10.9. The Morgan fingerprint density at radius 1 is 1.15 bits per heavy atom. The highest BCUT2D eigenvalue weighted by molar-refractivity contribution is 6.09. The Balaban J connectivity index is 2.56. The van der Waals surface area contributed by atoms with Crippen LogP contribution in [0, 0.1) is 0 Å². The van der Waals surface area contributed by atoms with Gasteiger partial charge in [0, 0.05) is 5.56 Å². The van der Waals surface area contributed by atoms with E-state index in [-0.39, 0.29) is 5.97 Å². The minimum Gasteiger partial charge on any atom is -0.456 e. The molecule has 0 saturated carbocycles. The summed E-state index contributed by atoms with van der Waals surface area (Å²) in [5.41, 5.74) is 0.713. The van der Waals surface area contributed by atoms with Gasteiger partial charge < -0.3 is 9.94 Å². The van der Waals surface area contributed by atoms with Gasteiger partial charge in [-0.05, 0) is 37.6 Å². The standard InChI is InChI=1S/C16H17NO3/c1-16(2,3)20-15(18)14-9-5-7-12-11(10-17-19)6-4-8-13(12)14/h4-10,19H,1-3H3/b17-10-. The lowest BCUT2D eigenvalue weighted by Crippen LogP contribution is -2.24. The van der Waals surface area contributed by atoms with Gasteiger partial charge in [-0.1, -0.05) is 35.5 Å². The molecule has 0 bridgehead atoms. The first kappa shape index (κ1) is 14.1.